The van der Waals surface area contributed by atoms with E-state index in [0.717, 1.165) is 30.0 Å². The smallest absolute Gasteiger partial charge is 0.224 e. The summed E-state index contributed by atoms with van der Waals surface area (Å²) >= 11 is 3.47. The predicted octanol–water partition coefficient (Wildman–Crippen LogP) is 3.10. The third-order valence-corrected chi connectivity index (χ3v) is 4.96. The molecule has 2 nitrogen and oxygen atoms in total. The monoisotopic (exact) mass is 287 g/mol. The van der Waals surface area contributed by atoms with E-state index in [1.807, 2.05) is 0 Å². The average Bonchev–Trinajstić information content (AvgIpc) is 2.74. The van der Waals surface area contributed by atoms with Crippen molar-refractivity contribution in [2.24, 2.45) is 17.8 Å². The van der Waals surface area contributed by atoms with Gasteiger partial charge in [0.15, 0.2) is 0 Å². The zero-order chi connectivity index (χ0) is 11.8. The summed E-state index contributed by atoms with van der Waals surface area (Å²) in [6, 6.07) is 0. The van der Waals surface area contributed by atoms with Crippen molar-refractivity contribution in [3.05, 3.63) is 0 Å². The molecular formula is C13H22BrNO. The second kappa shape index (κ2) is 4.67. The minimum absolute atomic E-state index is 0.0164. The number of alkyl halides is 1. The fraction of sp³-hybridized carbons (Fsp3) is 0.923. The van der Waals surface area contributed by atoms with Gasteiger partial charge in [-0.15, -0.1) is 0 Å². The van der Waals surface area contributed by atoms with Gasteiger partial charge >= 0.3 is 0 Å². The fourth-order valence-corrected chi connectivity index (χ4v) is 4.00. The molecule has 3 heteroatoms. The van der Waals surface area contributed by atoms with Crippen LogP contribution >= 0.6 is 15.9 Å². The molecule has 0 bridgehead atoms. The summed E-state index contributed by atoms with van der Waals surface area (Å²) < 4.78 is 0. The molecule has 0 aliphatic heterocycles. The highest BCUT2D eigenvalue weighted by Gasteiger charge is 2.56. The summed E-state index contributed by atoms with van der Waals surface area (Å²) in [5, 5.41) is 4.22. The predicted molar refractivity (Wildman–Crippen MR) is 69.6 cm³/mol. The number of amides is 1. The molecule has 0 spiro atoms. The molecule has 2 rings (SSSR count). The molecular weight excluding hydrogens is 266 g/mol. The van der Waals surface area contributed by atoms with Crippen LogP contribution in [0.4, 0.5) is 0 Å². The number of fused-ring (bicyclic) bond motifs is 1. The Morgan fingerprint density at radius 1 is 1.44 bits per heavy atom. The van der Waals surface area contributed by atoms with Crippen LogP contribution in [0, 0.1) is 17.8 Å². The van der Waals surface area contributed by atoms with Gasteiger partial charge in [0.25, 0.3) is 0 Å². The molecule has 16 heavy (non-hydrogen) atoms. The Kier molecular flexibility index (Phi) is 3.62. The van der Waals surface area contributed by atoms with Gasteiger partial charge in [-0.25, -0.2) is 0 Å². The van der Waals surface area contributed by atoms with Crippen molar-refractivity contribution >= 4 is 21.8 Å². The first kappa shape index (κ1) is 12.4. The van der Waals surface area contributed by atoms with Gasteiger partial charge in [0.2, 0.25) is 5.91 Å². The molecule has 0 saturated heterocycles. The third kappa shape index (κ3) is 2.29. The maximum atomic E-state index is 12.1. The van der Waals surface area contributed by atoms with E-state index in [1.54, 1.807) is 0 Å². The van der Waals surface area contributed by atoms with Crippen LogP contribution in [0.3, 0.4) is 0 Å². The molecule has 0 heterocycles. The molecule has 2 saturated carbocycles. The van der Waals surface area contributed by atoms with Crippen molar-refractivity contribution < 1.29 is 4.79 Å². The molecule has 0 aromatic heterocycles. The van der Waals surface area contributed by atoms with Crippen molar-refractivity contribution in [3.8, 4) is 0 Å². The first-order valence-corrected chi connectivity index (χ1v) is 7.61. The van der Waals surface area contributed by atoms with E-state index < -0.39 is 0 Å². The number of halogens is 1. The molecule has 1 N–H and O–H groups in total. The Balaban J connectivity index is 1.87. The lowest BCUT2D eigenvalue weighted by Crippen LogP contribution is -2.47. The molecule has 2 aliphatic rings. The number of carbonyl (C=O) groups is 1. The van der Waals surface area contributed by atoms with Gasteiger partial charge in [-0.1, -0.05) is 29.3 Å². The summed E-state index contributed by atoms with van der Waals surface area (Å²) in [5.74, 6) is 2.13. The number of carbonyl (C=O) groups excluding carboxylic acids is 1. The zero-order valence-electron chi connectivity index (χ0n) is 10.3. The van der Waals surface area contributed by atoms with Crippen LogP contribution in [-0.2, 0) is 4.79 Å². The Bertz CT molecular complexity index is 271. The first-order chi connectivity index (χ1) is 7.61. The van der Waals surface area contributed by atoms with Gasteiger partial charge in [-0.3, -0.25) is 4.79 Å². The maximum absolute atomic E-state index is 12.1. The lowest BCUT2D eigenvalue weighted by Gasteiger charge is -2.29. The van der Waals surface area contributed by atoms with Gasteiger partial charge in [0.1, 0.15) is 0 Å². The first-order valence-electron chi connectivity index (χ1n) is 6.49. The van der Waals surface area contributed by atoms with Crippen molar-refractivity contribution in [2.75, 3.05) is 5.33 Å². The quantitative estimate of drug-likeness (QED) is 0.774. The molecule has 3 unspecified atom stereocenters. The maximum Gasteiger partial charge on any atom is 0.224 e. The Hall–Kier alpha value is -0.0500. The topological polar surface area (TPSA) is 29.1 Å². The van der Waals surface area contributed by atoms with Crippen LogP contribution in [0.15, 0.2) is 0 Å². The molecule has 2 fully saturated rings. The van der Waals surface area contributed by atoms with E-state index >= 15 is 0 Å². The van der Waals surface area contributed by atoms with Gasteiger partial charge in [-0.2, -0.15) is 0 Å². The molecule has 92 valence electrons. The van der Waals surface area contributed by atoms with Crippen LogP contribution in [0.25, 0.3) is 0 Å². The molecule has 0 radical (unpaired) electrons. The number of nitrogens with one attached hydrogen (secondary N) is 1. The SMILES string of the molecule is CCC(C)(CCBr)NC(=O)C1C2CCCC21. The molecule has 1 amide bonds. The normalized spacial score (nSPS) is 35.3. The molecule has 3 atom stereocenters. The number of hydrogen-bond donors (Lipinski definition) is 1. The van der Waals surface area contributed by atoms with Crippen molar-refractivity contribution in [1.29, 1.82) is 0 Å². The Morgan fingerprint density at radius 2 is 2.06 bits per heavy atom. The second-order valence-electron chi connectivity index (χ2n) is 5.63. The summed E-state index contributed by atoms with van der Waals surface area (Å²) in [6.45, 7) is 4.31. The van der Waals surface area contributed by atoms with E-state index in [4.69, 9.17) is 0 Å². The summed E-state index contributed by atoms with van der Waals surface area (Å²) in [6.07, 6.45) is 5.92. The average molecular weight is 288 g/mol. The van der Waals surface area contributed by atoms with Crippen LogP contribution in [-0.4, -0.2) is 16.8 Å². The van der Waals surface area contributed by atoms with Crippen molar-refractivity contribution in [3.63, 3.8) is 0 Å². The van der Waals surface area contributed by atoms with Crippen molar-refractivity contribution in [1.82, 2.24) is 5.32 Å². The highest BCUT2D eigenvalue weighted by molar-refractivity contribution is 9.09. The zero-order valence-corrected chi connectivity index (χ0v) is 11.8. The van der Waals surface area contributed by atoms with Crippen molar-refractivity contribution in [2.45, 2.75) is 51.5 Å². The van der Waals surface area contributed by atoms with E-state index in [2.05, 4.69) is 35.1 Å². The fourth-order valence-electron chi connectivity index (χ4n) is 3.13. The lowest BCUT2D eigenvalue weighted by atomic mass is 9.95. The van der Waals surface area contributed by atoms with E-state index in [0.29, 0.717) is 11.8 Å². The minimum Gasteiger partial charge on any atom is -0.351 e. The Morgan fingerprint density at radius 3 is 2.56 bits per heavy atom. The highest BCUT2D eigenvalue weighted by atomic mass is 79.9. The van der Waals surface area contributed by atoms with Gasteiger partial charge < -0.3 is 5.32 Å². The number of rotatable bonds is 5. The van der Waals surface area contributed by atoms with Gasteiger partial charge in [0, 0.05) is 16.8 Å². The van der Waals surface area contributed by atoms with Gasteiger partial charge in [0.05, 0.1) is 0 Å². The van der Waals surface area contributed by atoms with Crippen LogP contribution < -0.4 is 5.32 Å². The molecule has 0 aromatic carbocycles. The molecule has 0 aromatic rings. The van der Waals surface area contributed by atoms with Crippen LogP contribution in [0.5, 0.6) is 0 Å². The summed E-state index contributed by atoms with van der Waals surface area (Å²) in [4.78, 5) is 12.1. The minimum atomic E-state index is -0.0164. The van der Waals surface area contributed by atoms with E-state index in [-0.39, 0.29) is 5.54 Å². The molecule has 2 aliphatic carbocycles. The third-order valence-electron chi connectivity index (χ3n) is 4.56. The lowest BCUT2D eigenvalue weighted by molar-refractivity contribution is -0.125. The summed E-state index contributed by atoms with van der Waals surface area (Å²) in [7, 11) is 0. The Labute approximate surface area is 107 Å². The highest BCUT2D eigenvalue weighted by Crippen LogP contribution is 2.57. The number of hydrogen-bond acceptors (Lipinski definition) is 1. The summed E-state index contributed by atoms with van der Waals surface area (Å²) in [5.41, 5.74) is -0.0164. The van der Waals surface area contributed by atoms with Crippen LogP contribution in [0.2, 0.25) is 0 Å². The standard InChI is InChI=1S/C13H22BrNO/c1-3-13(2,7-8-14)15-12(16)11-9-5-4-6-10(9)11/h9-11H,3-8H2,1-2H3,(H,15,16). The van der Waals surface area contributed by atoms with Gasteiger partial charge in [-0.05, 0) is 44.4 Å². The second-order valence-corrected chi connectivity index (χ2v) is 6.42. The largest absolute Gasteiger partial charge is 0.351 e. The van der Waals surface area contributed by atoms with Crippen LogP contribution in [0.1, 0.15) is 46.0 Å². The van der Waals surface area contributed by atoms with E-state index in [1.165, 1.54) is 19.3 Å². The van der Waals surface area contributed by atoms with E-state index in [9.17, 15) is 4.79 Å².